The van der Waals surface area contributed by atoms with E-state index in [1.165, 1.54) is 17.7 Å². The van der Waals surface area contributed by atoms with E-state index in [9.17, 15) is 12.8 Å². The van der Waals surface area contributed by atoms with Gasteiger partial charge in [0.1, 0.15) is 5.82 Å². The Balaban J connectivity index is 1.53. The number of piperidine rings is 1. The maximum Gasteiger partial charge on any atom is 0.243 e. The summed E-state index contributed by atoms with van der Waals surface area (Å²) in [5.74, 6) is -0.289. The van der Waals surface area contributed by atoms with Crippen molar-refractivity contribution in [2.24, 2.45) is 11.1 Å². The van der Waals surface area contributed by atoms with Gasteiger partial charge in [-0.15, -0.1) is 0 Å². The topological polar surface area (TPSA) is 84.5 Å². The number of fused-ring (bicyclic) bond motifs is 2. The van der Waals surface area contributed by atoms with Gasteiger partial charge in [-0.05, 0) is 105 Å². The maximum absolute atomic E-state index is 14.0. The van der Waals surface area contributed by atoms with Crippen LogP contribution >= 0.6 is 0 Å². The Morgan fingerprint density at radius 2 is 1.78 bits per heavy atom. The Labute approximate surface area is 243 Å². The van der Waals surface area contributed by atoms with E-state index in [2.05, 4.69) is 50.9 Å². The summed E-state index contributed by atoms with van der Waals surface area (Å²) >= 11 is 0. The van der Waals surface area contributed by atoms with Crippen LogP contribution in [0.2, 0.25) is 0 Å². The molecule has 0 radical (unpaired) electrons. The van der Waals surface area contributed by atoms with Gasteiger partial charge in [-0.25, -0.2) is 17.5 Å². The summed E-state index contributed by atoms with van der Waals surface area (Å²) < 4.78 is 45.1. The lowest BCUT2D eigenvalue weighted by atomic mass is 9.65. The zero-order valence-electron chi connectivity index (χ0n) is 24.8. The predicted molar refractivity (Wildman–Crippen MR) is 162 cm³/mol. The molecule has 1 aliphatic heterocycles. The molecule has 1 aromatic heterocycles. The summed E-state index contributed by atoms with van der Waals surface area (Å²) in [5, 5.41) is 4.67. The summed E-state index contributed by atoms with van der Waals surface area (Å²) in [4.78, 5) is 2.54. The second-order valence-corrected chi connectivity index (χ2v) is 14.8. The zero-order valence-corrected chi connectivity index (χ0v) is 25.6. The molecule has 1 aliphatic carbocycles. The van der Waals surface area contributed by atoms with E-state index < -0.39 is 10.0 Å². The molecule has 1 fully saturated rings. The van der Waals surface area contributed by atoms with Crippen LogP contribution in [0.4, 0.5) is 4.39 Å². The Hall–Kier alpha value is -2.85. The van der Waals surface area contributed by atoms with Crippen LogP contribution < -0.4 is 5.73 Å². The molecule has 5 rings (SSSR count). The minimum absolute atomic E-state index is 0.0560. The van der Waals surface area contributed by atoms with Crippen LogP contribution in [0.3, 0.4) is 0 Å². The van der Waals surface area contributed by atoms with Gasteiger partial charge in [0.15, 0.2) is 0 Å². The van der Waals surface area contributed by atoms with Gasteiger partial charge in [-0.1, -0.05) is 38.5 Å². The minimum atomic E-state index is -3.69. The molecule has 220 valence electrons. The first-order chi connectivity index (χ1) is 19.3. The van der Waals surface area contributed by atoms with Crippen LogP contribution in [-0.2, 0) is 21.9 Å². The molecular formula is C32H42FN5O2S. The lowest BCUT2D eigenvalue weighted by Gasteiger charge is -2.48. The van der Waals surface area contributed by atoms with Crippen molar-refractivity contribution in [2.45, 2.75) is 62.8 Å². The van der Waals surface area contributed by atoms with Gasteiger partial charge in [0.2, 0.25) is 10.0 Å². The first-order valence-corrected chi connectivity index (χ1v) is 15.8. The number of nitrogens with two attached hydrogens (primary N) is 1. The average molecular weight is 580 g/mol. The van der Waals surface area contributed by atoms with Crippen molar-refractivity contribution in [3.63, 3.8) is 0 Å². The van der Waals surface area contributed by atoms with Crippen LogP contribution in [0.5, 0.6) is 0 Å². The van der Waals surface area contributed by atoms with Crippen molar-refractivity contribution < 1.29 is 12.8 Å². The fourth-order valence-corrected chi connectivity index (χ4v) is 7.88. The van der Waals surface area contributed by atoms with Gasteiger partial charge in [0.25, 0.3) is 0 Å². The molecule has 2 aliphatic rings. The van der Waals surface area contributed by atoms with Crippen molar-refractivity contribution in [3.8, 4) is 5.69 Å². The molecule has 1 saturated heterocycles. The molecule has 3 aromatic rings. The number of benzene rings is 2. The van der Waals surface area contributed by atoms with E-state index in [1.54, 1.807) is 28.6 Å². The van der Waals surface area contributed by atoms with E-state index in [-0.39, 0.29) is 22.7 Å². The van der Waals surface area contributed by atoms with Crippen molar-refractivity contribution in [1.29, 1.82) is 0 Å². The third-order valence-electron chi connectivity index (χ3n) is 8.80. The van der Waals surface area contributed by atoms with Crippen molar-refractivity contribution >= 4 is 16.1 Å². The largest absolute Gasteiger partial charge is 0.330 e. The number of sulfonamides is 1. The van der Waals surface area contributed by atoms with Gasteiger partial charge in [0, 0.05) is 24.5 Å². The Bertz CT molecular complexity index is 1520. The highest BCUT2D eigenvalue weighted by Crippen LogP contribution is 2.48. The normalized spacial score (nSPS) is 20.4. The van der Waals surface area contributed by atoms with Crippen LogP contribution in [0, 0.1) is 11.2 Å². The standard InChI is InChI=1S/C32H42FN5O2S/c1-31(2,3)24-6-12-29(13-7-24)41(39,40)37-17-15-25-18-30-23(21-35-38(30)27-10-8-26(33)9-11-27)19-32(25,22-37)20-28(14-16-34)36(4)5/h6-13,18,21,28H,14-17,19-20,22,34H2,1-5H3/t28?,32-/m1/s1. The monoisotopic (exact) mass is 579 g/mol. The van der Waals surface area contributed by atoms with Gasteiger partial charge in [-0.2, -0.15) is 9.40 Å². The second kappa shape index (κ2) is 11.1. The summed E-state index contributed by atoms with van der Waals surface area (Å²) in [6.07, 6.45) is 7.01. The number of hydrogen-bond acceptors (Lipinski definition) is 5. The van der Waals surface area contributed by atoms with Crippen LogP contribution in [0.1, 0.15) is 56.9 Å². The van der Waals surface area contributed by atoms with Gasteiger partial charge < -0.3 is 10.6 Å². The summed E-state index contributed by atoms with van der Waals surface area (Å²) in [6, 6.07) is 13.9. The van der Waals surface area contributed by atoms with Crippen LogP contribution in [0.15, 0.2) is 65.2 Å². The Morgan fingerprint density at radius 3 is 2.39 bits per heavy atom. The average Bonchev–Trinajstić information content (AvgIpc) is 3.33. The lowest BCUT2D eigenvalue weighted by molar-refractivity contribution is 0.138. The quantitative estimate of drug-likeness (QED) is 0.406. The Kier molecular flexibility index (Phi) is 8.02. The molecule has 2 aromatic carbocycles. The van der Waals surface area contributed by atoms with Crippen LogP contribution in [-0.4, -0.2) is 67.2 Å². The van der Waals surface area contributed by atoms with Crippen molar-refractivity contribution in [1.82, 2.24) is 19.0 Å². The maximum atomic E-state index is 14.0. The van der Waals surface area contributed by atoms with Gasteiger partial charge in [-0.3, -0.25) is 0 Å². The predicted octanol–water partition coefficient (Wildman–Crippen LogP) is 5.00. The van der Waals surface area contributed by atoms with Crippen molar-refractivity contribution in [2.75, 3.05) is 33.7 Å². The summed E-state index contributed by atoms with van der Waals surface area (Å²) in [6.45, 7) is 7.75. The molecule has 41 heavy (non-hydrogen) atoms. The Morgan fingerprint density at radius 1 is 1.10 bits per heavy atom. The minimum Gasteiger partial charge on any atom is -0.330 e. The number of hydrogen-bond donors (Lipinski definition) is 1. The first kappa shape index (κ1) is 29.6. The third-order valence-corrected chi connectivity index (χ3v) is 10.7. The molecule has 2 heterocycles. The number of halogens is 1. The fourth-order valence-electron chi connectivity index (χ4n) is 6.36. The second-order valence-electron chi connectivity index (χ2n) is 12.8. The summed E-state index contributed by atoms with van der Waals surface area (Å²) in [5.41, 5.74) is 10.8. The highest BCUT2D eigenvalue weighted by Gasteiger charge is 2.47. The molecule has 0 spiro atoms. The fraction of sp³-hybridized carbons (Fsp3) is 0.469. The van der Waals surface area contributed by atoms with E-state index in [4.69, 9.17) is 5.73 Å². The molecule has 1 unspecified atom stereocenters. The molecule has 9 heteroatoms. The van der Waals surface area contributed by atoms with E-state index in [0.717, 1.165) is 35.3 Å². The van der Waals surface area contributed by atoms with E-state index in [1.807, 2.05) is 23.0 Å². The van der Waals surface area contributed by atoms with Gasteiger partial charge >= 0.3 is 0 Å². The molecule has 2 N–H and O–H groups in total. The number of rotatable bonds is 8. The van der Waals surface area contributed by atoms with E-state index in [0.29, 0.717) is 37.4 Å². The van der Waals surface area contributed by atoms with Crippen LogP contribution in [0.25, 0.3) is 11.8 Å². The smallest absolute Gasteiger partial charge is 0.243 e. The van der Waals surface area contributed by atoms with E-state index >= 15 is 0 Å². The highest BCUT2D eigenvalue weighted by molar-refractivity contribution is 7.89. The third kappa shape index (κ3) is 5.78. The number of aromatic nitrogens is 2. The lowest BCUT2D eigenvalue weighted by Crippen LogP contribution is -2.51. The molecule has 0 amide bonds. The molecule has 7 nitrogen and oxygen atoms in total. The van der Waals surface area contributed by atoms with Crippen molar-refractivity contribution in [3.05, 3.63) is 82.9 Å². The molecular weight excluding hydrogens is 537 g/mol. The number of nitrogens with zero attached hydrogens (tertiary/aromatic N) is 4. The van der Waals surface area contributed by atoms with Gasteiger partial charge in [0.05, 0.1) is 22.5 Å². The molecule has 0 bridgehead atoms. The summed E-state index contributed by atoms with van der Waals surface area (Å²) in [7, 11) is 0.440. The molecule has 2 atom stereocenters. The zero-order chi connectivity index (χ0) is 29.6. The SMILES string of the molecule is CN(C)C(CCN)C[C@@]12Cc3cnn(-c4ccc(F)cc4)c3C=C1CCN(S(=O)(=O)c1ccc(C(C)(C)C)cc1)C2. The first-order valence-electron chi connectivity index (χ1n) is 14.4. The molecule has 0 saturated carbocycles. The highest BCUT2D eigenvalue weighted by atomic mass is 32.2.